The maximum Gasteiger partial charge on any atom is 0.0650 e. The van der Waals surface area contributed by atoms with E-state index in [9.17, 15) is 0 Å². The van der Waals surface area contributed by atoms with Gasteiger partial charge in [-0.2, -0.15) is 0 Å². The van der Waals surface area contributed by atoms with Gasteiger partial charge in [-0.15, -0.1) is 0 Å². The molecule has 0 aliphatic heterocycles. The third-order valence-electron chi connectivity index (χ3n) is 1.44. The molecule has 0 heterocycles. The van der Waals surface area contributed by atoms with E-state index in [2.05, 4.69) is 39.0 Å². The van der Waals surface area contributed by atoms with E-state index < -0.39 is 0 Å². The first-order valence-electron chi connectivity index (χ1n) is 4.63. The summed E-state index contributed by atoms with van der Waals surface area (Å²) in [6.07, 6.45) is 8.59. The van der Waals surface area contributed by atoms with Crippen LogP contribution in [-0.4, -0.2) is 13.2 Å². The van der Waals surface area contributed by atoms with Crippen LogP contribution in [0.4, 0.5) is 0 Å². The van der Waals surface area contributed by atoms with Crippen molar-refractivity contribution in [3.05, 3.63) is 23.8 Å². The lowest BCUT2D eigenvalue weighted by Crippen LogP contribution is -1.92. The third-order valence-corrected chi connectivity index (χ3v) is 1.44. The van der Waals surface area contributed by atoms with Crippen LogP contribution >= 0.6 is 0 Å². The lowest BCUT2D eigenvalue weighted by molar-refractivity contribution is 0.167. The molecule has 0 fully saturated rings. The van der Waals surface area contributed by atoms with E-state index in [-0.39, 0.29) is 0 Å². The Kier molecular flexibility index (Phi) is 8.14. The first-order chi connectivity index (χ1) is 5.77. The second kappa shape index (κ2) is 8.54. The zero-order valence-electron chi connectivity index (χ0n) is 8.47. The first kappa shape index (κ1) is 11.4. The molecule has 70 valence electrons. The molecule has 1 heteroatoms. The van der Waals surface area contributed by atoms with E-state index in [1.54, 1.807) is 0 Å². The molecule has 12 heavy (non-hydrogen) atoms. The van der Waals surface area contributed by atoms with Crippen molar-refractivity contribution in [2.75, 3.05) is 13.2 Å². The van der Waals surface area contributed by atoms with E-state index in [4.69, 9.17) is 4.74 Å². The molecule has 0 aromatic carbocycles. The van der Waals surface area contributed by atoms with Crippen LogP contribution in [0.2, 0.25) is 0 Å². The molecule has 0 aromatic heterocycles. The molecule has 0 N–H and O–H groups in total. The molecule has 0 bridgehead atoms. The minimum absolute atomic E-state index is 0.752. The molecule has 0 rings (SSSR count). The maximum absolute atomic E-state index is 5.36. The fourth-order valence-corrected chi connectivity index (χ4v) is 0.745. The highest BCUT2D eigenvalue weighted by atomic mass is 16.5. The van der Waals surface area contributed by atoms with Crippen LogP contribution in [0.25, 0.3) is 0 Å². The van der Waals surface area contributed by atoms with Gasteiger partial charge in [0.1, 0.15) is 0 Å². The lowest BCUT2D eigenvalue weighted by Gasteiger charge is -1.97. The Morgan fingerprint density at radius 1 is 1.25 bits per heavy atom. The predicted octanol–water partition coefficient (Wildman–Crippen LogP) is 3.33. The second-order valence-electron chi connectivity index (χ2n) is 3.02. The quantitative estimate of drug-likeness (QED) is 0.436. The molecule has 0 saturated carbocycles. The van der Waals surface area contributed by atoms with Gasteiger partial charge in [-0.25, -0.2) is 0 Å². The highest BCUT2D eigenvalue weighted by Crippen LogP contribution is 1.91. The Morgan fingerprint density at radius 2 is 2.00 bits per heavy atom. The van der Waals surface area contributed by atoms with E-state index in [0.29, 0.717) is 0 Å². The normalized spacial score (nSPS) is 10.6. The molecular formula is C11H20O. The van der Waals surface area contributed by atoms with Crippen LogP contribution in [0.5, 0.6) is 0 Å². The molecule has 1 nitrogen and oxygen atoms in total. The Labute approximate surface area is 76.1 Å². The number of hydrogen-bond acceptors (Lipinski definition) is 1. The molecule has 0 radical (unpaired) electrons. The van der Waals surface area contributed by atoms with Crippen molar-refractivity contribution in [2.45, 2.75) is 33.6 Å². The van der Waals surface area contributed by atoms with E-state index in [0.717, 1.165) is 26.1 Å². The monoisotopic (exact) mass is 168 g/mol. The largest absolute Gasteiger partial charge is 0.377 e. The molecule has 0 saturated heterocycles. The van der Waals surface area contributed by atoms with Crippen LogP contribution < -0.4 is 0 Å². The van der Waals surface area contributed by atoms with E-state index >= 15 is 0 Å². The number of rotatable bonds is 6. The zero-order chi connectivity index (χ0) is 9.23. The summed E-state index contributed by atoms with van der Waals surface area (Å²) in [6, 6.07) is 0. The maximum atomic E-state index is 5.36. The average Bonchev–Trinajstić information content (AvgIpc) is 2.02. The van der Waals surface area contributed by atoms with Gasteiger partial charge in [0.05, 0.1) is 13.2 Å². The molecule has 0 unspecified atom stereocenters. The van der Waals surface area contributed by atoms with Gasteiger partial charge in [-0.1, -0.05) is 30.7 Å². The summed E-state index contributed by atoms with van der Waals surface area (Å²) in [4.78, 5) is 0. The molecule has 0 spiro atoms. The Balaban J connectivity index is 3.11. The minimum atomic E-state index is 0.752. The van der Waals surface area contributed by atoms with Crippen molar-refractivity contribution in [3.8, 4) is 0 Å². The topological polar surface area (TPSA) is 9.23 Å². The second-order valence-corrected chi connectivity index (χ2v) is 3.02. The van der Waals surface area contributed by atoms with Gasteiger partial charge >= 0.3 is 0 Å². The summed E-state index contributed by atoms with van der Waals surface area (Å²) in [5, 5.41) is 0. The zero-order valence-corrected chi connectivity index (χ0v) is 8.47. The minimum Gasteiger partial charge on any atom is -0.377 e. The summed E-state index contributed by atoms with van der Waals surface area (Å²) < 4.78 is 5.36. The van der Waals surface area contributed by atoms with Crippen LogP contribution in [0.1, 0.15) is 33.6 Å². The van der Waals surface area contributed by atoms with Gasteiger partial charge in [0.15, 0.2) is 0 Å². The summed E-state index contributed by atoms with van der Waals surface area (Å²) in [6.45, 7) is 7.89. The highest BCUT2D eigenvalue weighted by Gasteiger charge is 1.82. The smallest absolute Gasteiger partial charge is 0.0650 e. The summed E-state index contributed by atoms with van der Waals surface area (Å²) in [5.41, 5.74) is 1.32. The van der Waals surface area contributed by atoms with Crippen LogP contribution in [0.3, 0.4) is 0 Å². The van der Waals surface area contributed by atoms with Gasteiger partial charge in [-0.3, -0.25) is 0 Å². The van der Waals surface area contributed by atoms with E-state index in [1.165, 1.54) is 5.57 Å². The lowest BCUT2D eigenvalue weighted by atomic mass is 10.3. The summed E-state index contributed by atoms with van der Waals surface area (Å²) in [5.74, 6) is 0. The van der Waals surface area contributed by atoms with Crippen LogP contribution in [0, 0.1) is 0 Å². The van der Waals surface area contributed by atoms with Gasteiger partial charge < -0.3 is 4.74 Å². The van der Waals surface area contributed by atoms with Crippen molar-refractivity contribution in [1.82, 2.24) is 0 Å². The Morgan fingerprint density at radius 3 is 2.58 bits per heavy atom. The molecule has 0 atom stereocenters. The van der Waals surface area contributed by atoms with Gasteiger partial charge in [0.2, 0.25) is 0 Å². The average molecular weight is 168 g/mol. The number of ether oxygens (including phenoxy) is 1. The summed E-state index contributed by atoms with van der Waals surface area (Å²) >= 11 is 0. The highest BCUT2D eigenvalue weighted by molar-refractivity contribution is 4.92. The molecule has 0 aliphatic carbocycles. The molecule has 0 amide bonds. The van der Waals surface area contributed by atoms with Crippen molar-refractivity contribution in [1.29, 1.82) is 0 Å². The molecule has 0 aromatic rings. The van der Waals surface area contributed by atoms with Crippen LogP contribution in [0.15, 0.2) is 23.8 Å². The van der Waals surface area contributed by atoms with Gasteiger partial charge in [0, 0.05) is 0 Å². The van der Waals surface area contributed by atoms with Crippen molar-refractivity contribution >= 4 is 0 Å². The fourth-order valence-electron chi connectivity index (χ4n) is 0.745. The standard InChI is InChI=1S/C11H20O/c1-4-5-6-7-9-12-10-8-11(2)3/h5-6,8H,4,7,9-10H2,1-3H3/b6-5-. The number of hydrogen-bond donors (Lipinski definition) is 0. The predicted molar refractivity (Wildman–Crippen MR) is 54.3 cm³/mol. The Hall–Kier alpha value is -0.560. The number of allylic oxidation sites excluding steroid dienone is 2. The van der Waals surface area contributed by atoms with Crippen LogP contribution in [-0.2, 0) is 4.74 Å². The van der Waals surface area contributed by atoms with Crippen molar-refractivity contribution in [2.24, 2.45) is 0 Å². The van der Waals surface area contributed by atoms with Gasteiger partial charge in [-0.05, 0) is 26.7 Å². The van der Waals surface area contributed by atoms with E-state index in [1.807, 2.05) is 0 Å². The van der Waals surface area contributed by atoms with Crippen molar-refractivity contribution in [3.63, 3.8) is 0 Å². The fraction of sp³-hybridized carbons (Fsp3) is 0.636. The van der Waals surface area contributed by atoms with Crippen molar-refractivity contribution < 1.29 is 4.74 Å². The Bertz CT molecular complexity index is 141. The molecule has 0 aliphatic rings. The summed E-state index contributed by atoms with van der Waals surface area (Å²) in [7, 11) is 0. The first-order valence-corrected chi connectivity index (χ1v) is 4.63. The third kappa shape index (κ3) is 9.44. The molecular weight excluding hydrogens is 148 g/mol. The SMILES string of the molecule is CC/C=C\CCOCC=C(C)C. The van der Waals surface area contributed by atoms with Gasteiger partial charge in [0.25, 0.3) is 0 Å².